The molecule has 0 bridgehead atoms. The van der Waals surface area contributed by atoms with E-state index in [1.165, 1.54) is 45.6 Å². The van der Waals surface area contributed by atoms with Gasteiger partial charge in [-0.25, -0.2) is 4.79 Å². The van der Waals surface area contributed by atoms with Crippen molar-refractivity contribution in [1.82, 2.24) is 10.2 Å². The maximum atomic E-state index is 12.4. The van der Waals surface area contributed by atoms with E-state index in [9.17, 15) is 4.79 Å². The lowest BCUT2D eigenvalue weighted by Crippen LogP contribution is -2.61. The Morgan fingerprint density at radius 3 is 2.33 bits per heavy atom. The van der Waals surface area contributed by atoms with Crippen molar-refractivity contribution in [1.29, 1.82) is 0 Å². The van der Waals surface area contributed by atoms with E-state index in [-0.39, 0.29) is 5.97 Å². The number of esters is 1. The summed E-state index contributed by atoms with van der Waals surface area (Å²) in [6.45, 7) is 3.11. The molecule has 2 aliphatic carbocycles. The molecule has 0 radical (unpaired) electrons. The van der Waals surface area contributed by atoms with Crippen LogP contribution >= 0.6 is 0 Å². The predicted molar refractivity (Wildman–Crippen MR) is 83.1 cm³/mol. The van der Waals surface area contributed by atoms with Crippen molar-refractivity contribution in [2.45, 2.75) is 56.9 Å². The summed E-state index contributed by atoms with van der Waals surface area (Å²) < 4.78 is 5.11. The van der Waals surface area contributed by atoms with Gasteiger partial charge in [-0.3, -0.25) is 0 Å². The van der Waals surface area contributed by atoms with E-state index in [0.717, 1.165) is 32.5 Å². The third kappa shape index (κ3) is 2.85. The van der Waals surface area contributed by atoms with Crippen LogP contribution < -0.4 is 5.32 Å². The Morgan fingerprint density at radius 1 is 1.24 bits per heavy atom. The van der Waals surface area contributed by atoms with Crippen LogP contribution in [0.5, 0.6) is 0 Å². The molecule has 3 aliphatic rings. The number of carbonyl (C=O) groups is 1. The highest BCUT2D eigenvalue weighted by molar-refractivity contribution is 5.82. The number of hydrogen-bond donors (Lipinski definition) is 1. The third-order valence-corrected chi connectivity index (χ3v) is 6.32. The van der Waals surface area contributed by atoms with Crippen molar-refractivity contribution < 1.29 is 9.53 Å². The lowest BCUT2D eigenvalue weighted by atomic mass is 9.76. The molecule has 0 aromatic carbocycles. The molecular weight excluding hydrogens is 264 g/mol. The number of nitrogens with zero attached hydrogens (tertiary/aromatic N) is 1. The normalized spacial score (nSPS) is 28.5. The monoisotopic (exact) mass is 294 g/mol. The third-order valence-electron chi connectivity index (χ3n) is 6.32. The van der Waals surface area contributed by atoms with Crippen LogP contribution in [0.3, 0.4) is 0 Å². The number of rotatable bonds is 5. The van der Waals surface area contributed by atoms with Gasteiger partial charge in [-0.1, -0.05) is 12.8 Å². The van der Waals surface area contributed by atoms with Gasteiger partial charge in [-0.15, -0.1) is 0 Å². The largest absolute Gasteiger partial charge is 0.468 e. The molecule has 1 spiro atoms. The lowest BCUT2D eigenvalue weighted by Gasteiger charge is -2.43. The van der Waals surface area contributed by atoms with Crippen LogP contribution in [0, 0.1) is 11.3 Å². The van der Waals surface area contributed by atoms with Crippen molar-refractivity contribution in [3.8, 4) is 0 Å². The molecule has 2 saturated carbocycles. The van der Waals surface area contributed by atoms with Crippen LogP contribution in [0.1, 0.15) is 51.4 Å². The van der Waals surface area contributed by atoms with E-state index >= 15 is 0 Å². The minimum Gasteiger partial charge on any atom is -0.468 e. The standard InChI is InChI=1S/C17H30N2O2/c1-18-17(14-5-6-14,15(20)21-2)13-19-11-9-16(10-12-19)7-3-4-8-16/h14,18H,3-13H2,1-2H3. The highest BCUT2D eigenvalue weighted by Crippen LogP contribution is 2.47. The number of hydrogen-bond acceptors (Lipinski definition) is 4. The van der Waals surface area contributed by atoms with Gasteiger partial charge in [-0.2, -0.15) is 0 Å². The predicted octanol–water partition coefficient (Wildman–Crippen LogP) is 2.18. The Morgan fingerprint density at radius 2 is 1.86 bits per heavy atom. The second kappa shape index (κ2) is 5.88. The van der Waals surface area contributed by atoms with Gasteiger partial charge in [0.1, 0.15) is 5.54 Å². The van der Waals surface area contributed by atoms with E-state index in [0.29, 0.717) is 11.3 Å². The fraction of sp³-hybridized carbons (Fsp3) is 0.941. The smallest absolute Gasteiger partial charge is 0.327 e. The van der Waals surface area contributed by atoms with Crippen LogP contribution in [-0.4, -0.2) is 50.2 Å². The first kappa shape index (κ1) is 15.3. The second-order valence-corrected chi connectivity index (χ2v) is 7.47. The second-order valence-electron chi connectivity index (χ2n) is 7.47. The first-order chi connectivity index (χ1) is 10.1. The first-order valence-electron chi connectivity index (χ1n) is 8.64. The van der Waals surface area contributed by atoms with E-state index in [1.807, 2.05) is 7.05 Å². The van der Waals surface area contributed by atoms with Gasteiger partial charge in [0.05, 0.1) is 7.11 Å². The minimum absolute atomic E-state index is 0.0753. The summed E-state index contributed by atoms with van der Waals surface area (Å²) in [6.07, 6.45) is 10.6. The molecule has 0 amide bonds. The molecule has 0 aromatic heterocycles. The van der Waals surface area contributed by atoms with Gasteiger partial charge >= 0.3 is 5.97 Å². The molecule has 21 heavy (non-hydrogen) atoms. The van der Waals surface area contributed by atoms with Crippen molar-refractivity contribution in [3.05, 3.63) is 0 Å². The fourth-order valence-electron chi connectivity index (χ4n) is 4.67. The van der Waals surface area contributed by atoms with E-state index in [1.54, 1.807) is 0 Å². The Bertz CT molecular complexity index is 378. The summed E-state index contributed by atoms with van der Waals surface area (Å²) in [7, 11) is 3.43. The van der Waals surface area contributed by atoms with Gasteiger partial charge in [0.2, 0.25) is 0 Å². The summed E-state index contributed by atoms with van der Waals surface area (Å²) in [5, 5.41) is 3.32. The number of likely N-dealkylation sites (tertiary alicyclic amines) is 1. The average Bonchev–Trinajstić information content (AvgIpc) is 3.28. The Balaban J connectivity index is 1.63. The van der Waals surface area contributed by atoms with Gasteiger partial charge < -0.3 is 15.0 Å². The zero-order valence-corrected chi connectivity index (χ0v) is 13.6. The fourth-order valence-corrected chi connectivity index (χ4v) is 4.67. The molecule has 4 nitrogen and oxygen atoms in total. The summed E-state index contributed by atoms with van der Waals surface area (Å²) >= 11 is 0. The summed E-state index contributed by atoms with van der Waals surface area (Å²) in [6, 6.07) is 0. The van der Waals surface area contributed by atoms with Gasteiger partial charge in [0.15, 0.2) is 0 Å². The molecule has 120 valence electrons. The highest BCUT2D eigenvalue weighted by Gasteiger charge is 2.52. The lowest BCUT2D eigenvalue weighted by molar-refractivity contribution is -0.150. The maximum absolute atomic E-state index is 12.4. The van der Waals surface area contributed by atoms with E-state index < -0.39 is 5.54 Å². The maximum Gasteiger partial charge on any atom is 0.327 e. The zero-order chi connectivity index (χ0) is 14.9. The molecule has 4 heteroatoms. The first-order valence-corrected chi connectivity index (χ1v) is 8.64. The highest BCUT2D eigenvalue weighted by atomic mass is 16.5. The van der Waals surface area contributed by atoms with Gasteiger partial charge in [0, 0.05) is 6.54 Å². The minimum atomic E-state index is -0.477. The Labute approximate surface area is 128 Å². The molecule has 1 heterocycles. The molecule has 0 aromatic rings. The van der Waals surface area contributed by atoms with Crippen LogP contribution in [-0.2, 0) is 9.53 Å². The molecular formula is C17H30N2O2. The summed E-state index contributed by atoms with van der Waals surface area (Å²) in [5.74, 6) is 0.381. The van der Waals surface area contributed by atoms with Crippen molar-refractivity contribution >= 4 is 5.97 Å². The summed E-state index contributed by atoms with van der Waals surface area (Å²) in [5.41, 5.74) is 0.165. The van der Waals surface area contributed by atoms with Crippen molar-refractivity contribution in [2.24, 2.45) is 11.3 Å². The molecule has 1 unspecified atom stereocenters. The Kier molecular flexibility index (Phi) is 4.28. The number of piperidine rings is 1. The Hall–Kier alpha value is -0.610. The molecule has 1 N–H and O–H groups in total. The average molecular weight is 294 g/mol. The SMILES string of the molecule is CNC(CN1CCC2(CCCC2)CC1)(C(=O)OC)C1CC1. The van der Waals surface area contributed by atoms with Crippen molar-refractivity contribution in [3.63, 3.8) is 0 Å². The topological polar surface area (TPSA) is 41.6 Å². The molecule has 1 saturated heterocycles. The number of ether oxygens (including phenoxy) is 1. The number of likely N-dealkylation sites (N-methyl/N-ethyl adjacent to an activating group) is 1. The molecule has 1 atom stereocenters. The van der Waals surface area contributed by atoms with E-state index in [2.05, 4.69) is 10.2 Å². The van der Waals surface area contributed by atoms with Gasteiger partial charge in [0.25, 0.3) is 0 Å². The van der Waals surface area contributed by atoms with Gasteiger partial charge in [-0.05, 0) is 70.0 Å². The molecule has 3 fully saturated rings. The van der Waals surface area contributed by atoms with Crippen molar-refractivity contribution in [2.75, 3.05) is 33.8 Å². The van der Waals surface area contributed by atoms with Crippen LogP contribution in [0.2, 0.25) is 0 Å². The zero-order valence-electron chi connectivity index (χ0n) is 13.6. The number of nitrogens with one attached hydrogen (secondary N) is 1. The van der Waals surface area contributed by atoms with E-state index in [4.69, 9.17) is 4.74 Å². The van der Waals surface area contributed by atoms with Crippen LogP contribution in [0.25, 0.3) is 0 Å². The summed E-state index contributed by atoms with van der Waals surface area (Å²) in [4.78, 5) is 14.9. The number of methoxy groups -OCH3 is 1. The van der Waals surface area contributed by atoms with Crippen LogP contribution in [0.15, 0.2) is 0 Å². The van der Waals surface area contributed by atoms with Crippen LogP contribution in [0.4, 0.5) is 0 Å². The molecule has 3 rings (SSSR count). The number of carbonyl (C=O) groups excluding carboxylic acids is 1. The quantitative estimate of drug-likeness (QED) is 0.789. The molecule has 1 aliphatic heterocycles.